The van der Waals surface area contributed by atoms with Gasteiger partial charge in [-0.3, -0.25) is 4.98 Å². The van der Waals surface area contributed by atoms with Crippen LogP contribution in [0.3, 0.4) is 0 Å². The second-order valence-corrected chi connectivity index (χ2v) is 7.42. The normalized spacial score (nSPS) is 18.7. The number of nitriles is 1. The predicted molar refractivity (Wildman–Crippen MR) is 111 cm³/mol. The maximum Gasteiger partial charge on any atom is 0.416 e. The summed E-state index contributed by atoms with van der Waals surface area (Å²) in [6.07, 6.45) is 2.88. The van der Waals surface area contributed by atoms with E-state index in [4.69, 9.17) is 0 Å². The van der Waals surface area contributed by atoms with Crippen LogP contribution >= 0.6 is 0 Å². The fraction of sp³-hybridized carbons (Fsp3) is 0.429. The average Bonchev–Trinajstić information content (AvgIpc) is 2.77. The maximum absolute atomic E-state index is 13.2. The number of halogens is 3. The Bertz CT molecular complexity index is 960. The minimum absolute atomic E-state index is 0.0134. The fourth-order valence-corrected chi connectivity index (χ4v) is 3.66. The van der Waals surface area contributed by atoms with Crippen molar-refractivity contribution in [2.45, 2.75) is 44.4 Å². The molecule has 1 saturated carbocycles. The van der Waals surface area contributed by atoms with E-state index < -0.39 is 11.7 Å². The summed E-state index contributed by atoms with van der Waals surface area (Å²) in [6, 6.07) is 3.13. The van der Waals surface area contributed by atoms with Gasteiger partial charge in [-0.05, 0) is 37.7 Å². The van der Waals surface area contributed by atoms with Gasteiger partial charge < -0.3 is 16.0 Å². The van der Waals surface area contributed by atoms with E-state index >= 15 is 0 Å². The average molecular weight is 431 g/mol. The molecule has 7 nitrogen and oxygen atoms in total. The Kier molecular flexibility index (Phi) is 6.95. The summed E-state index contributed by atoms with van der Waals surface area (Å²) in [4.78, 5) is 12.1. The van der Waals surface area contributed by atoms with Crippen molar-refractivity contribution < 1.29 is 13.2 Å². The topological polar surface area (TPSA) is 98.6 Å². The molecule has 1 fully saturated rings. The van der Waals surface area contributed by atoms with Crippen LogP contribution in [0.1, 0.15) is 42.4 Å². The van der Waals surface area contributed by atoms with Gasteiger partial charge in [-0.15, -0.1) is 0 Å². The molecule has 3 rings (SSSR count). The molecule has 164 valence electrons. The molecule has 2 aromatic heterocycles. The molecular formula is C21H24F3N7. The zero-order valence-electron chi connectivity index (χ0n) is 17.1. The summed E-state index contributed by atoms with van der Waals surface area (Å²) in [5, 5.41) is 18.6. The van der Waals surface area contributed by atoms with Crippen molar-refractivity contribution in [3.63, 3.8) is 0 Å². The molecule has 0 radical (unpaired) electrons. The minimum Gasteiger partial charge on any atom is -0.392 e. The smallest absolute Gasteiger partial charge is 0.392 e. The highest BCUT2D eigenvalue weighted by Gasteiger charge is 2.33. The lowest BCUT2D eigenvalue weighted by atomic mass is 9.84. The first-order chi connectivity index (χ1) is 14.8. The van der Waals surface area contributed by atoms with Crippen LogP contribution in [-0.2, 0) is 12.7 Å². The van der Waals surface area contributed by atoms with Crippen LogP contribution in [0.5, 0.6) is 0 Å². The summed E-state index contributed by atoms with van der Waals surface area (Å²) in [6.45, 7) is 3.89. The van der Waals surface area contributed by atoms with Gasteiger partial charge in [0.15, 0.2) is 0 Å². The quantitative estimate of drug-likeness (QED) is 0.608. The summed E-state index contributed by atoms with van der Waals surface area (Å²) in [5.74, 6) is 0.928. The van der Waals surface area contributed by atoms with Gasteiger partial charge in [-0.25, -0.2) is 4.98 Å². The molecule has 0 atom stereocenters. The first-order valence-electron chi connectivity index (χ1n) is 9.96. The molecule has 10 heteroatoms. The number of aromatic nitrogens is 3. The molecular weight excluding hydrogens is 407 g/mol. The molecule has 0 amide bonds. The molecule has 2 heterocycles. The third-order valence-corrected chi connectivity index (χ3v) is 5.44. The van der Waals surface area contributed by atoms with E-state index in [0.29, 0.717) is 11.7 Å². The molecule has 0 spiro atoms. The Morgan fingerprint density at radius 2 is 2.00 bits per heavy atom. The third-order valence-electron chi connectivity index (χ3n) is 5.44. The summed E-state index contributed by atoms with van der Waals surface area (Å²) < 4.78 is 39.5. The SMILES string of the molecule is C=C(NC)C1CCC(Nc2nc(NCc3cnccc3C(F)(F)F)ncc2C#N)CC1. The van der Waals surface area contributed by atoms with Gasteiger partial charge in [-0.2, -0.15) is 23.4 Å². The van der Waals surface area contributed by atoms with E-state index in [0.717, 1.165) is 49.8 Å². The highest BCUT2D eigenvalue weighted by molar-refractivity contribution is 5.54. The molecule has 0 aromatic carbocycles. The number of rotatable bonds is 7. The first kappa shape index (κ1) is 22.3. The lowest BCUT2D eigenvalue weighted by Gasteiger charge is -2.30. The lowest BCUT2D eigenvalue weighted by Crippen LogP contribution is -2.29. The Balaban J connectivity index is 1.68. The predicted octanol–water partition coefficient (Wildman–Crippen LogP) is 4.08. The van der Waals surface area contributed by atoms with Gasteiger partial charge in [0, 0.05) is 43.3 Å². The van der Waals surface area contributed by atoms with E-state index in [2.05, 4.69) is 43.6 Å². The van der Waals surface area contributed by atoms with Crippen molar-refractivity contribution in [3.05, 3.63) is 53.6 Å². The van der Waals surface area contributed by atoms with Crippen LogP contribution in [0.4, 0.5) is 24.9 Å². The molecule has 1 aliphatic rings. The van der Waals surface area contributed by atoms with Gasteiger partial charge in [0.25, 0.3) is 0 Å². The van der Waals surface area contributed by atoms with Crippen LogP contribution in [0.2, 0.25) is 0 Å². The van der Waals surface area contributed by atoms with Crippen LogP contribution < -0.4 is 16.0 Å². The number of alkyl halides is 3. The number of anilines is 2. The van der Waals surface area contributed by atoms with Crippen molar-refractivity contribution in [2.75, 3.05) is 17.7 Å². The number of hydrogen-bond donors (Lipinski definition) is 3. The molecule has 0 bridgehead atoms. The van der Waals surface area contributed by atoms with Crippen LogP contribution in [0, 0.1) is 17.2 Å². The molecule has 31 heavy (non-hydrogen) atoms. The van der Waals surface area contributed by atoms with Crippen molar-refractivity contribution in [3.8, 4) is 6.07 Å². The summed E-state index contributed by atoms with van der Waals surface area (Å²) >= 11 is 0. The summed E-state index contributed by atoms with van der Waals surface area (Å²) in [5.41, 5.74) is 0.533. The molecule has 2 aromatic rings. The van der Waals surface area contributed by atoms with E-state index in [9.17, 15) is 18.4 Å². The van der Waals surface area contributed by atoms with Gasteiger partial charge in [0.1, 0.15) is 17.5 Å². The third kappa shape index (κ3) is 5.63. The van der Waals surface area contributed by atoms with Crippen LogP contribution in [0.15, 0.2) is 36.9 Å². The largest absolute Gasteiger partial charge is 0.416 e. The van der Waals surface area contributed by atoms with Crippen molar-refractivity contribution in [2.24, 2.45) is 5.92 Å². The molecule has 0 unspecified atom stereocenters. The molecule has 1 aliphatic carbocycles. The Morgan fingerprint density at radius 3 is 2.65 bits per heavy atom. The highest BCUT2D eigenvalue weighted by atomic mass is 19.4. The van der Waals surface area contributed by atoms with Gasteiger partial charge >= 0.3 is 6.18 Å². The zero-order chi connectivity index (χ0) is 22.4. The molecule has 0 saturated heterocycles. The van der Waals surface area contributed by atoms with Gasteiger partial charge in [0.05, 0.1) is 11.8 Å². The van der Waals surface area contributed by atoms with E-state index in [1.165, 1.54) is 6.20 Å². The number of nitrogens with one attached hydrogen (secondary N) is 3. The Labute approximate surface area is 178 Å². The Hall–Kier alpha value is -3.35. The number of allylic oxidation sites excluding steroid dienone is 1. The van der Waals surface area contributed by atoms with E-state index in [1.807, 2.05) is 7.05 Å². The molecule has 3 N–H and O–H groups in total. The van der Waals surface area contributed by atoms with Gasteiger partial charge in [0.2, 0.25) is 5.95 Å². The maximum atomic E-state index is 13.2. The molecule has 0 aliphatic heterocycles. The van der Waals surface area contributed by atoms with Crippen LogP contribution in [-0.4, -0.2) is 28.0 Å². The van der Waals surface area contributed by atoms with E-state index in [1.54, 1.807) is 0 Å². The highest BCUT2D eigenvalue weighted by Crippen LogP contribution is 2.32. The van der Waals surface area contributed by atoms with Crippen molar-refractivity contribution in [1.82, 2.24) is 20.3 Å². The van der Waals surface area contributed by atoms with Crippen molar-refractivity contribution in [1.29, 1.82) is 5.26 Å². The lowest BCUT2D eigenvalue weighted by molar-refractivity contribution is -0.138. The van der Waals surface area contributed by atoms with Crippen molar-refractivity contribution >= 4 is 11.8 Å². The standard InChI is InChI=1S/C21H24F3N7/c1-13(26-2)14-3-5-17(6-4-14)30-19-15(9-25)11-28-20(31-19)29-12-16-10-27-8-7-18(16)21(22,23)24/h7-8,10-11,14,17,26H,1,3-6,12H2,2H3,(H2,28,29,30,31). The number of pyridine rings is 1. The first-order valence-corrected chi connectivity index (χ1v) is 9.96. The number of hydrogen-bond acceptors (Lipinski definition) is 7. The van der Waals surface area contributed by atoms with Crippen LogP contribution in [0.25, 0.3) is 0 Å². The van der Waals surface area contributed by atoms with Gasteiger partial charge in [-0.1, -0.05) is 6.58 Å². The summed E-state index contributed by atoms with van der Waals surface area (Å²) in [7, 11) is 1.87. The second kappa shape index (κ2) is 9.64. The second-order valence-electron chi connectivity index (χ2n) is 7.42. The monoisotopic (exact) mass is 431 g/mol. The zero-order valence-corrected chi connectivity index (χ0v) is 17.1. The minimum atomic E-state index is -4.48. The fourth-order valence-electron chi connectivity index (χ4n) is 3.66. The Morgan fingerprint density at radius 1 is 1.26 bits per heavy atom. The number of nitrogens with zero attached hydrogens (tertiary/aromatic N) is 4. The van der Waals surface area contributed by atoms with E-state index in [-0.39, 0.29) is 29.7 Å².